The van der Waals surface area contributed by atoms with Gasteiger partial charge in [-0.1, -0.05) is 15.9 Å². The maximum absolute atomic E-state index is 11.0. The van der Waals surface area contributed by atoms with Crippen molar-refractivity contribution in [2.75, 3.05) is 34.9 Å². The van der Waals surface area contributed by atoms with Crippen LogP contribution < -0.4 is 9.47 Å². The van der Waals surface area contributed by atoms with Crippen molar-refractivity contribution in [2.45, 2.75) is 6.42 Å². The first-order valence-corrected chi connectivity index (χ1v) is 7.18. The molecule has 0 amide bonds. The van der Waals surface area contributed by atoms with E-state index >= 15 is 0 Å². The third kappa shape index (κ3) is 5.30. The Bertz CT molecular complexity index is 517. The van der Waals surface area contributed by atoms with Crippen LogP contribution in [0.15, 0.2) is 28.9 Å². The van der Waals surface area contributed by atoms with E-state index in [0.29, 0.717) is 11.5 Å². The van der Waals surface area contributed by atoms with Gasteiger partial charge in [-0.05, 0) is 24.1 Å². The lowest BCUT2D eigenvalue weighted by atomic mass is 10.1. The summed E-state index contributed by atoms with van der Waals surface area (Å²) in [7, 11) is 6.47. The topological polar surface area (TPSA) is 48.0 Å². The molecule has 0 aliphatic carbocycles. The monoisotopic (exact) mass is 357 g/mol. The number of ether oxygens (including phenoxy) is 3. The molecule has 0 heterocycles. The summed E-state index contributed by atoms with van der Waals surface area (Å²) in [6.45, 7) is 0.752. The van der Waals surface area contributed by atoms with Crippen LogP contribution in [-0.4, -0.2) is 45.8 Å². The lowest BCUT2D eigenvalue weighted by molar-refractivity contribution is -0.134. The SMILES string of the molecule is COC(=O)/C=C/N(C)CCc1cc(OC)c(OC)cc1Br. The van der Waals surface area contributed by atoms with E-state index in [1.165, 1.54) is 13.2 Å². The van der Waals surface area contributed by atoms with E-state index in [1.807, 2.05) is 24.1 Å². The molecule has 0 unspecified atom stereocenters. The van der Waals surface area contributed by atoms with Gasteiger partial charge in [-0.3, -0.25) is 0 Å². The van der Waals surface area contributed by atoms with Gasteiger partial charge >= 0.3 is 5.97 Å². The van der Waals surface area contributed by atoms with Gasteiger partial charge in [0.2, 0.25) is 0 Å². The van der Waals surface area contributed by atoms with Gasteiger partial charge in [0.05, 0.1) is 21.3 Å². The second-order valence-electron chi connectivity index (χ2n) is 4.37. The summed E-state index contributed by atoms with van der Waals surface area (Å²) in [4.78, 5) is 12.9. The molecule has 0 aliphatic heterocycles. The van der Waals surface area contributed by atoms with E-state index < -0.39 is 0 Å². The van der Waals surface area contributed by atoms with Crippen LogP contribution >= 0.6 is 15.9 Å². The molecule has 0 spiro atoms. The second-order valence-corrected chi connectivity index (χ2v) is 5.22. The van der Waals surface area contributed by atoms with E-state index in [4.69, 9.17) is 9.47 Å². The van der Waals surface area contributed by atoms with E-state index in [2.05, 4.69) is 20.7 Å². The van der Waals surface area contributed by atoms with Crippen molar-refractivity contribution in [3.05, 3.63) is 34.4 Å². The van der Waals surface area contributed by atoms with Gasteiger partial charge in [0.25, 0.3) is 0 Å². The van der Waals surface area contributed by atoms with Crippen LogP contribution in [0.25, 0.3) is 0 Å². The third-order valence-electron chi connectivity index (χ3n) is 2.95. The van der Waals surface area contributed by atoms with Gasteiger partial charge in [-0.15, -0.1) is 0 Å². The van der Waals surface area contributed by atoms with E-state index in [-0.39, 0.29) is 5.97 Å². The Morgan fingerprint density at radius 2 is 1.86 bits per heavy atom. The van der Waals surface area contributed by atoms with E-state index in [1.54, 1.807) is 20.4 Å². The lowest BCUT2D eigenvalue weighted by Gasteiger charge is -2.16. The molecule has 0 bridgehead atoms. The number of benzene rings is 1. The number of carbonyl (C=O) groups excluding carboxylic acids is 1. The molecular weight excluding hydrogens is 338 g/mol. The summed E-state index contributed by atoms with van der Waals surface area (Å²) in [5, 5.41) is 0. The molecular formula is C15H20BrNO4. The molecule has 0 radical (unpaired) electrons. The summed E-state index contributed by atoms with van der Waals surface area (Å²) in [6.07, 6.45) is 3.88. The maximum Gasteiger partial charge on any atom is 0.331 e. The van der Waals surface area contributed by atoms with Crippen molar-refractivity contribution < 1.29 is 19.0 Å². The number of esters is 1. The molecule has 0 atom stereocenters. The Morgan fingerprint density at radius 3 is 2.43 bits per heavy atom. The number of halogens is 1. The minimum absolute atomic E-state index is 0.367. The van der Waals surface area contributed by atoms with Crippen LogP contribution in [0.5, 0.6) is 11.5 Å². The fourth-order valence-electron chi connectivity index (χ4n) is 1.72. The highest BCUT2D eigenvalue weighted by Gasteiger charge is 2.09. The lowest BCUT2D eigenvalue weighted by Crippen LogP contribution is -2.15. The summed E-state index contributed by atoms with van der Waals surface area (Å²) in [6, 6.07) is 3.83. The standard InChI is InChI=1S/C15H20BrNO4/c1-17(8-6-15(18)21-4)7-5-11-9-13(19-2)14(20-3)10-12(11)16/h6,8-10H,5,7H2,1-4H3/b8-6+. The first kappa shape index (κ1) is 17.4. The molecule has 1 aromatic rings. The molecule has 0 aromatic heterocycles. The van der Waals surface area contributed by atoms with Crippen molar-refractivity contribution in [3.8, 4) is 11.5 Å². The Hall–Kier alpha value is -1.69. The van der Waals surface area contributed by atoms with Crippen molar-refractivity contribution in [1.82, 2.24) is 4.90 Å². The molecule has 1 aromatic carbocycles. The number of nitrogens with zero attached hydrogens (tertiary/aromatic N) is 1. The Kier molecular flexibility index (Phi) is 7.08. The Morgan fingerprint density at radius 1 is 1.24 bits per heavy atom. The van der Waals surface area contributed by atoms with Crippen molar-refractivity contribution in [1.29, 1.82) is 0 Å². The summed E-state index contributed by atoms with van der Waals surface area (Å²) < 4.78 is 16.1. The Balaban J connectivity index is 2.71. The van der Waals surface area contributed by atoms with Crippen molar-refractivity contribution in [2.24, 2.45) is 0 Å². The molecule has 5 nitrogen and oxygen atoms in total. The number of carbonyl (C=O) groups is 1. The normalized spacial score (nSPS) is 10.5. The zero-order chi connectivity index (χ0) is 15.8. The molecule has 0 fully saturated rings. The first-order chi connectivity index (χ1) is 10.0. The largest absolute Gasteiger partial charge is 0.493 e. The van der Waals surface area contributed by atoms with Crippen LogP contribution in [0.2, 0.25) is 0 Å². The number of hydrogen-bond acceptors (Lipinski definition) is 5. The van der Waals surface area contributed by atoms with E-state index in [9.17, 15) is 4.79 Å². The molecule has 0 saturated heterocycles. The minimum Gasteiger partial charge on any atom is -0.493 e. The molecule has 0 N–H and O–H groups in total. The third-order valence-corrected chi connectivity index (χ3v) is 3.69. The maximum atomic E-state index is 11.0. The molecule has 0 aliphatic rings. The van der Waals surface area contributed by atoms with Crippen LogP contribution in [0.1, 0.15) is 5.56 Å². The highest BCUT2D eigenvalue weighted by atomic mass is 79.9. The predicted molar refractivity (Wildman–Crippen MR) is 84.7 cm³/mol. The van der Waals surface area contributed by atoms with Crippen molar-refractivity contribution in [3.63, 3.8) is 0 Å². The highest BCUT2D eigenvalue weighted by Crippen LogP contribution is 2.33. The number of methoxy groups -OCH3 is 3. The Labute approximate surface area is 133 Å². The fraction of sp³-hybridized carbons (Fsp3) is 0.400. The molecule has 0 saturated carbocycles. The van der Waals surface area contributed by atoms with Gasteiger partial charge < -0.3 is 19.1 Å². The van der Waals surface area contributed by atoms with Crippen LogP contribution in [0.3, 0.4) is 0 Å². The predicted octanol–water partition coefficient (Wildman–Crippen LogP) is 2.63. The van der Waals surface area contributed by atoms with E-state index in [0.717, 1.165) is 23.0 Å². The first-order valence-electron chi connectivity index (χ1n) is 6.38. The number of hydrogen-bond donors (Lipinski definition) is 0. The van der Waals surface area contributed by atoms with Gasteiger partial charge in [0, 0.05) is 30.3 Å². The second kappa shape index (κ2) is 8.56. The molecule has 6 heteroatoms. The number of rotatable bonds is 7. The van der Waals surface area contributed by atoms with Gasteiger partial charge in [0.1, 0.15) is 0 Å². The zero-order valence-electron chi connectivity index (χ0n) is 12.7. The van der Waals surface area contributed by atoms with Gasteiger partial charge in [-0.2, -0.15) is 0 Å². The van der Waals surface area contributed by atoms with Crippen LogP contribution in [-0.2, 0) is 16.0 Å². The van der Waals surface area contributed by atoms with Gasteiger partial charge in [-0.25, -0.2) is 4.79 Å². The summed E-state index contributed by atoms with van der Waals surface area (Å²) >= 11 is 3.53. The average molecular weight is 358 g/mol. The van der Waals surface area contributed by atoms with Crippen molar-refractivity contribution >= 4 is 21.9 Å². The van der Waals surface area contributed by atoms with Crippen LogP contribution in [0.4, 0.5) is 0 Å². The quantitative estimate of drug-likeness (QED) is 0.554. The minimum atomic E-state index is -0.367. The molecule has 21 heavy (non-hydrogen) atoms. The zero-order valence-corrected chi connectivity index (χ0v) is 14.3. The summed E-state index contributed by atoms with van der Waals surface area (Å²) in [5.74, 6) is 1.02. The smallest absolute Gasteiger partial charge is 0.331 e. The number of likely N-dealkylation sites (N-methyl/N-ethyl adjacent to an activating group) is 1. The van der Waals surface area contributed by atoms with Crippen LogP contribution in [0, 0.1) is 0 Å². The summed E-state index contributed by atoms with van der Waals surface area (Å²) in [5.41, 5.74) is 1.10. The fourth-order valence-corrected chi connectivity index (χ4v) is 2.24. The molecule has 116 valence electrons. The average Bonchev–Trinajstić information content (AvgIpc) is 2.50. The highest BCUT2D eigenvalue weighted by molar-refractivity contribution is 9.10. The van der Waals surface area contributed by atoms with Gasteiger partial charge in [0.15, 0.2) is 11.5 Å². The molecule has 1 rings (SSSR count).